The molecule has 5 heteroatoms. The average molecular weight is 250 g/mol. The Labute approximate surface area is 107 Å². The first-order valence-corrected chi connectivity index (χ1v) is 5.75. The lowest BCUT2D eigenvalue weighted by Crippen LogP contribution is -2.42. The molecule has 0 saturated heterocycles. The zero-order valence-electron chi connectivity index (χ0n) is 10.6. The zero-order chi connectivity index (χ0) is 13.4. The molecule has 1 atom stereocenters. The van der Waals surface area contributed by atoms with Gasteiger partial charge in [0.25, 0.3) is 5.91 Å². The van der Waals surface area contributed by atoms with E-state index in [-0.39, 0.29) is 24.4 Å². The Bertz CT molecular complexity index is 392. The van der Waals surface area contributed by atoms with E-state index in [0.29, 0.717) is 12.2 Å². The molecule has 2 N–H and O–H groups in total. The van der Waals surface area contributed by atoms with E-state index < -0.39 is 0 Å². The number of amides is 2. The maximum atomic E-state index is 11.6. The van der Waals surface area contributed by atoms with Crippen molar-refractivity contribution in [2.45, 2.75) is 13.0 Å². The molecule has 0 bridgehead atoms. The summed E-state index contributed by atoms with van der Waals surface area (Å²) in [5.41, 5.74) is 0.537. The van der Waals surface area contributed by atoms with Crippen LogP contribution in [-0.4, -0.2) is 38.1 Å². The van der Waals surface area contributed by atoms with Crippen molar-refractivity contribution in [3.8, 4) is 0 Å². The van der Waals surface area contributed by atoms with Crippen molar-refractivity contribution >= 4 is 11.8 Å². The van der Waals surface area contributed by atoms with Crippen LogP contribution in [-0.2, 0) is 9.53 Å². The Kier molecular flexibility index (Phi) is 5.87. The monoisotopic (exact) mass is 250 g/mol. The minimum atomic E-state index is -0.259. The number of carbonyl (C=O) groups is 2. The summed E-state index contributed by atoms with van der Waals surface area (Å²) >= 11 is 0. The van der Waals surface area contributed by atoms with Gasteiger partial charge in [-0.05, 0) is 19.1 Å². The Balaban J connectivity index is 2.33. The maximum absolute atomic E-state index is 11.6. The Hall–Kier alpha value is -1.88. The number of benzene rings is 1. The Morgan fingerprint density at radius 3 is 2.56 bits per heavy atom. The SMILES string of the molecule is COCC(C)NC(=O)CNC(=O)c1ccccc1. The number of methoxy groups -OCH3 is 1. The van der Waals surface area contributed by atoms with Crippen molar-refractivity contribution in [2.75, 3.05) is 20.3 Å². The summed E-state index contributed by atoms with van der Waals surface area (Å²) in [5, 5.41) is 5.26. The van der Waals surface area contributed by atoms with E-state index in [0.717, 1.165) is 0 Å². The van der Waals surface area contributed by atoms with Crippen molar-refractivity contribution in [2.24, 2.45) is 0 Å². The topological polar surface area (TPSA) is 67.4 Å². The van der Waals surface area contributed by atoms with Gasteiger partial charge in [0.1, 0.15) is 0 Å². The lowest BCUT2D eigenvalue weighted by Gasteiger charge is -2.13. The predicted molar refractivity (Wildman–Crippen MR) is 68.3 cm³/mol. The molecule has 98 valence electrons. The lowest BCUT2D eigenvalue weighted by molar-refractivity contribution is -0.121. The number of rotatable bonds is 6. The number of hydrogen-bond acceptors (Lipinski definition) is 3. The highest BCUT2D eigenvalue weighted by Crippen LogP contribution is 1.97. The van der Waals surface area contributed by atoms with Crippen molar-refractivity contribution < 1.29 is 14.3 Å². The molecule has 5 nitrogen and oxygen atoms in total. The minimum absolute atomic E-state index is 0.0399. The summed E-state index contributed by atoms with van der Waals surface area (Å²) in [6.45, 7) is 2.24. The van der Waals surface area contributed by atoms with Crippen LogP contribution in [0.2, 0.25) is 0 Å². The summed E-state index contributed by atoms with van der Waals surface area (Å²) in [6, 6.07) is 8.69. The molecule has 0 heterocycles. The first kappa shape index (κ1) is 14.2. The number of ether oxygens (including phenoxy) is 1. The largest absolute Gasteiger partial charge is 0.383 e. The molecule has 1 aromatic carbocycles. The van der Waals surface area contributed by atoms with Gasteiger partial charge in [-0.1, -0.05) is 18.2 Å². The van der Waals surface area contributed by atoms with Gasteiger partial charge in [-0.2, -0.15) is 0 Å². The van der Waals surface area contributed by atoms with E-state index in [1.807, 2.05) is 13.0 Å². The molecule has 0 radical (unpaired) electrons. The molecule has 0 aliphatic heterocycles. The maximum Gasteiger partial charge on any atom is 0.251 e. The molecule has 0 aromatic heterocycles. The van der Waals surface area contributed by atoms with Gasteiger partial charge in [-0.3, -0.25) is 9.59 Å². The molecule has 0 fully saturated rings. The van der Waals surface area contributed by atoms with Crippen LogP contribution in [0.25, 0.3) is 0 Å². The minimum Gasteiger partial charge on any atom is -0.383 e. The van der Waals surface area contributed by atoms with E-state index in [1.165, 1.54) is 0 Å². The highest BCUT2D eigenvalue weighted by molar-refractivity contribution is 5.96. The van der Waals surface area contributed by atoms with Gasteiger partial charge in [0, 0.05) is 18.7 Å². The molecule has 0 aliphatic rings. The van der Waals surface area contributed by atoms with Crippen LogP contribution >= 0.6 is 0 Å². The third-order valence-electron chi connectivity index (χ3n) is 2.27. The highest BCUT2D eigenvalue weighted by atomic mass is 16.5. The quantitative estimate of drug-likeness (QED) is 0.775. The molecule has 0 saturated carbocycles. The third-order valence-corrected chi connectivity index (χ3v) is 2.27. The molecule has 0 spiro atoms. The van der Waals surface area contributed by atoms with Gasteiger partial charge in [-0.15, -0.1) is 0 Å². The number of nitrogens with one attached hydrogen (secondary N) is 2. The summed E-state index contributed by atoms with van der Waals surface area (Å²) in [5.74, 6) is -0.492. The zero-order valence-corrected chi connectivity index (χ0v) is 10.6. The Morgan fingerprint density at radius 2 is 1.94 bits per heavy atom. The van der Waals surface area contributed by atoms with Crippen molar-refractivity contribution in [1.82, 2.24) is 10.6 Å². The average Bonchev–Trinajstić information content (AvgIpc) is 2.37. The fourth-order valence-corrected chi connectivity index (χ4v) is 1.47. The van der Waals surface area contributed by atoms with Crippen LogP contribution in [0.15, 0.2) is 30.3 Å². The second kappa shape index (κ2) is 7.45. The van der Waals surface area contributed by atoms with Gasteiger partial charge in [-0.25, -0.2) is 0 Å². The second-order valence-electron chi connectivity index (χ2n) is 3.97. The van der Waals surface area contributed by atoms with Crippen LogP contribution in [0.1, 0.15) is 17.3 Å². The predicted octanol–water partition coefficient (Wildman–Crippen LogP) is 0.568. The highest BCUT2D eigenvalue weighted by Gasteiger charge is 2.09. The molecule has 2 amide bonds. The molecule has 18 heavy (non-hydrogen) atoms. The van der Waals surface area contributed by atoms with Gasteiger partial charge in [0.2, 0.25) is 5.91 Å². The summed E-state index contributed by atoms with van der Waals surface area (Å²) < 4.78 is 4.90. The van der Waals surface area contributed by atoms with Crippen molar-refractivity contribution in [3.05, 3.63) is 35.9 Å². The molecule has 1 unspecified atom stereocenters. The van der Waals surface area contributed by atoms with Crippen LogP contribution in [0.3, 0.4) is 0 Å². The first-order valence-electron chi connectivity index (χ1n) is 5.75. The van der Waals surface area contributed by atoms with Gasteiger partial charge in [0.05, 0.1) is 13.2 Å². The van der Waals surface area contributed by atoms with Gasteiger partial charge < -0.3 is 15.4 Å². The molecule has 1 rings (SSSR count). The number of hydrogen-bond donors (Lipinski definition) is 2. The Morgan fingerprint density at radius 1 is 1.28 bits per heavy atom. The fourth-order valence-electron chi connectivity index (χ4n) is 1.47. The summed E-state index contributed by atoms with van der Waals surface area (Å²) in [7, 11) is 1.57. The third kappa shape index (κ3) is 4.97. The van der Waals surface area contributed by atoms with E-state index in [4.69, 9.17) is 4.74 Å². The smallest absolute Gasteiger partial charge is 0.251 e. The van der Waals surface area contributed by atoms with E-state index >= 15 is 0 Å². The van der Waals surface area contributed by atoms with E-state index in [1.54, 1.807) is 31.4 Å². The van der Waals surface area contributed by atoms with Crippen LogP contribution in [0.5, 0.6) is 0 Å². The molecule has 0 aliphatic carbocycles. The van der Waals surface area contributed by atoms with Gasteiger partial charge >= 0.3 is 0 Å². The lowest BCUT2D eigenvalue weighted by atomic mass is 10.2. The normalized spacial score (nSPS) is 11.7. The van der Waals surface area contributed by atoms with Crippen LogP contribution in [0, 0.1) is 0 Å². The van der Waals surface area contributed by atoms with E-state index in [9.17, 15) is 9.59 Å². The van der Waals surface area contributed by atoms with Crippen LogP contribution < -0.4 is 10.6 Å². The summed E-state index contributed by atoms with van der Waals surface area (Å²) in [4.78, 5) is 23.1. The first-order chi connectivity index (χ1) is 8.63. The van der Waals surface area contributed by atoms with Crippen molar-refractivity contribution in [1.29, 1.82) is 0 Å². The van der Waals surface area contributed by atoms with Crippen molar-refractivity contribution in [3.63, 3.8) is 0 Å². The van der Waals surface area contributed by atoms with E-state index in [2.05, 4.69) is 10.6 Å². The number of carbonyl (C=O) groups excluding carboxylic acids is 2. The standard InChI is InChI=1S/C13H18N2O3/c1-10(9-18-2)15-12(16)8-14-13(17)11-6-4-3-5-7-11/h3-7,10H,8-9H2,1-2H3,(H,14,17)(H,15,16). The van der Waals surface area contributed by atoms with Crippen LogP contribution in [0.4, 0.5) is 0 Å². The second-order valence-corrected chi connectivity index (χ2v) is 3.97. The molecular weight excluding hydrogens is 232 g/mol. The van der Waals surface area contributed by atoms with Gasteiger partial charge in [0.15, 0.2) is 0 Å². The fraction of sp³-hybridized carbons (Fsp3) is 0.385. The summed E-state index contributed by atoms with van der Waals surface area (Å²) in [6.07, 6.45) is 0. The molecular formula is C13H18N2O3. The molecule has 1 aromatic rings.